The van der Waals surface area contributed by atoms with Crippen molar-refractivity contribution in [1.29, 1.82) is 0 Å². The molecule has 6 heteroatoms. The Balaban J connectivity index is 2.71. The van der Waals surface area contributed by atoms with Gasteiger partial charge in [0.25, 0.3) is 5.69 Å². The van der Waals surface area contributed by atoms with Crippen molar-refractivity contribution in [3.05, 3.63) is 33.9 Å². The highest BCUT2D eigenvalue weighted by Gasteiger charge is 2.11. The first kappa shape index (κ1) is 17.4. The van der Waals surface area contributed by atoms with Gasteiger partial charge in [-0.1, -0.05) is 13.8 Å². The lowest BCUT2D eigenvalue weighted by molar-refractivity contribution is -0.384. The lowest BCUT2D eigenvalue weighted by Crippen LogP contribution is -2.19. The molecule has 0 aliphatic carbocycles. The molecule has 1 N–H and O–H groups in total. The van der Waals surface area contributed by atoms with E-state index < -0.39 is 4.92 Å². The largest absolute Gasteiger partial charge is 0.491 e. The fourth-order valence-corrected chi connectivity index (χ4v) is 1.81. The molecule has 0 atom stereocenters. The van der Waals surface area contributed by atoms with E-state index in [1.165, 1.54) is 6.07 Å². The van der Waals surface area contributed by atoms with E-state index in [0.717, 1.165) is 12.1 Å². The van der Waals surface area contributed by atoms with Crippen LogP contribution in [-0.4, -0.2) is 31.3 Å². The van der Waals surface area contributed by atoms with Gasteiger partial charge in [-0.05, 0) is 25.5 Å². The average molecular weight is 296 g/mol. The Morgan fingerprint density at radius 1 is 1.33 bits per heavy atom. The summed E-state index contributed by atoms with van der Waals surface area (Å²) in [6.45, 7) is 9.12. The third kappa shape index (κ3) is 6.55. The van der Waals surface area contributed by atoms with Crippen LogP contribution < -0.4 is 10.1 Å². The Hall–Kier alpha value is -1.66. The van der Waals surface area contributed by atoms with E-state index >= 15 is 0 Å². The molecule has 0 aromatic heterocycles. The van der Waals surface area contributed by atoms with Gasteiger partial charge >= 0.3 is 0 Å². The summed E-state index contributed by atoms with van der Waals surface area (Å²) < 4.78 is 10.9. The first-order chi connectivity index (χ1) is 10.0. The smallest absolute Gasteiger partial charge is 0.270 e. The second kappa shape index (κ2) is 9.31. The highest BCUT2D eigenvalue weighted by Crippen LogP contribution is 2.24. The van der Waals surface area contributed by atoms with Crippen molar-refractivity contribution in [1.82, 2.24) is 5.32 Å². The minimum absolute atomic E-state index is 0.0773. The second-order valence-electron chi connectivity index (χ2n) is 5.12. The van der Waals surface area contributed by atoms with Gasteiger partial charge in [0, 0.05) is 30.8 Å². The van der Waals surface area contributed by atoms with Gasteiger partial charge in [-0.2, -0.15) is 0 Å². The molecule has 1 rings (SSSR count). The minimum atomic E-state index is -0.393. The highest BCUT2D eigenvalue weighted by atomic mass is 16.6. The zero-order chi connectivity index (χ0) is 15.7. The summed E-state index contributed by atoms with van der Waals surface area (Å²) in [5.74, 6) is 1.18. The van der Waals surface area contributed by atoms with Gasteiger partial charge < -0.3 is 14.8 Å². The fourth-order valence-electron chi connectivity index (χ4n) is 1.81. The van der Waals surface area contributed by atoms with E-state index in [9.17, 15) is 10.1 Å². The molecular weight excluding hydrogens is 272 g/mol. The number of nitro groups is 1. The average Bonchev–Trinajstić information content (AvgIpc) is 2.44. The molecule has 21 heavy (non-hydrogen) atoms. The summed E-state index contributed by atoms with van der Waals surface area (Å²) in [5, 5.41) is 14.1. The van der Waals surface area contributed by atoms with Gasteiger partial charge in [0.2, 0.25) is 0 Å². The standard InChI is InChI=1S/C15H24N2O4/c1-4-20-7-8-21-15-6-5-14(17(18)19)9-13(15)11-16-10-12(2)3/h5-6,9,12,16H,4,7-8,10-11H2,1-3H3. The molecule has 0 unspecified atom stereocenters. The van der Waals surface area contributed by atoms with E-state index in [-0.39, 0.29) is 5.69 Å². The predicted octanol–water partition coefficient (Wildman–Crippen LogP) is 2.76. The molecule has 0 fully saturated rings. The Morgan fingerprint density at radius 2 is 2.10 bits per heavy atom. The van der Waals surface area contributed by atoms with Crippen LogP contribution in [0.25, 0.3) is 0 Å². The van der Waals surface area contributed by atoms with E-state index in [0.29, 0.717) is 38.0 Å². The van der Waals surface area contributed by atoms with Crippen LogP contribution in [0.1, 0.15) is 26.3 Å². The molecule has 118 valence electrons. The van der Waals surface area contributed by atoms with Gasteiger partial charge in [-0.25, -0.2) is 0 Å². The molecule has 0 saturated heterocycles. The van der Waals surface area contributed by atoms with Crippen molar-refractivity contribution in [2.75, 3.05) is 26.4 Å². The zero-order valence-corrected chi connectivity index (χ0v) is 12.9. The summed E-state index contributed by atoms with van der Waals surface area (Å²) in [6, 6.07) is 4.67. The predicted molar refractivity (Wildman–Crippen MR) is 81.6 cm³/mol. The van der Waals surface area contributed by atoms with E-state index in [4.69, 9.17) is 9.47 Å². The van der Waals surface area contributed by atoms with Gasteiger partial charge in [0.15, 0.2) is 0 Å². The van der Waals surface area contributed by atoms with Crippen LogP contribution in [0.5, 0.6) is 5.75 Å². The zero-order valence-electron chi connectivity index (χ0n) is 12.9. The molecule has 0 saturated carbocycles. The van der Waals surface area contributed by atoms with Crippen LogP contribution in [0.4, 0.5) is 5.69 Å². The molecule has 0 radical (unpaired) electrons. The number of benzene rings is 1. The fraction of sp³-hybridized carbons (Fsp3) is 0.600. The molecule has 0 aliphatic heterocycles. The first-order valence-corrected chi connectivity index (χ1v) is 7.23. The molecular formula is C15H24N2O4. The molecule has 0 spiro atoms. The molecule has 0 amide bonds. The quantitative estimate of drug-likeness (QED) is 0.408. The third-order valence-corrected chi connectivity index (χ3v) is 2.81. The minimum Gasteiger partial charge on any atom is -0.491 e. The van der Waals surface area contributed by atoms with Gasteiger partial charge in [0.1, 0.15) is 12.4 Å². The number of nitrogens with one attached hydrogen (secondary N) is 1. The van der Waals surface area contributed by atoms with Crippen molar-refractivity contribution in [2.45, 2.75) is 27.3 Å². The van der Waals surface area contributed by atoms with E-state index in [1.54, 1.807) is 12.1 Å². The molecule has 0 bridgehead atoms. The van der Waals surface area contributed by atoms with Gasteiger partial charge in [-0.3, -0.25) is 10.1 Å². The third-order valence-electron chi connectivity index (χ3n) is 2.81. The van der Waals surface area contributed by atoms with Gasteiger partial charge in [-0.15, -0.1) is 0 Å². The highest BCUT2D eigenvalue weighted by molar-refractivity contribution is 5.43. The van der Waals surface area contributed by atoms with E-state index in [2.05, 4.69) is 19.2 Å². The number of ether oxygens (including phenoxy) is 2. The number of nitrogens with zero attached hydrogens (tertiary/aromatic N) is 1. The Morgan fingerprint density at radius 3 is 2.71 bits per heavy atom. The van der Waals surface area contributed by atoms with Crippen LogP contribution in [0.2, 0.25) is 0 Å². The van der Waals surface area contributed by atoms with Crippen molar-refractivity contribution in [3.63, 3.8) is 0 Å². The molecule has 1 aromatic carbocycles. The number of non-ortho nitro benzene ring substituents is 1. The normalized spacial score (nSPS) is 10.9. The summed E-state index contributed by atoms with van der Waals surface area (Å²) in [7, 11) is 0. The second-order valence-corrected chi connectivity index (χ2v) is 5.12. The number of hydrogen-bond acceptors (Lipinski definition) is 5. The maximum absolute atomic E-state index is 10.9. The van der Waals surface area contributed by atoms with E-state index in [1.807, 2.05) is 6.92 Å². The number of nitro benzene ring substituents is 1. The maximum Gasteiger partial charge on any atom is 0.270 e. The molecule has 0 heterocycles. The summed E-state index contributed by atoms with van der Waals surface area (Å²) in [5.41, 5.74) is 0.870. The van der Waals surface area contributed by atoms with Crippen molar-refractivity contribution in [2.24, 2.45) is 5.92 Å². The molecule has 6 nitrogen and oxygen atoms in total. The Bertz CT molecular complexity index is 449. The molecule has 1 aromatic rings. The summed E-state index contributed by atoms with van der Waals surface area (Å²) in [4.78, 5) is 10.5. The first-order valence-electron chi connectivity index (χ1n) is 7.23. The van der Waals surface area contributed by atoms with Crippen molar-refractivity contribution in [3.8, 4) is 5.75 Å². The topological polar surface area (TPSA) is 73.6 Å². The SMILES string of the molecule is CCOCCOc1ccc([N+](=O)[O-])cc1CNCC(C)C. The van der Waals surface area contributed by atoms with Crippen LogP contribution in [-0.2, 0) is 11.3 Å². The van der Waals surface area contributed by atoms with Crippen molar-refractivity contribution >= 4 is 5.69 Å². The Labute approximate surface area is 125 Å². The lowest BCUT2D eigenvalue weighted by atomic mass is 10.1. The van der Waals surface area contributed by atoms with Crippen LogP contribution >= 0.6 is 0 Å². The van der Waals surface area contributed by atoms with Crippen LogP contribution in [0.15, 0.2) is 18.2 Å². The lowest BCUT2D eigenvalue weighted by Gasteiger charge is -2.13. The van der Waals surface area contributed by atoms with Crippen LogP contribution in [0.3, 0.4) is 0 Å². The Kier molecular flexibility index (Phi) is 7.71. The monoisotopic (exact) mass is 296 g/mol. The molecule has 0 aliphatic rings. The maximum atomic E-state index is 10.9. The summed E-state index contributed by atoms with van der Waals surface area (Å²) >= 11 is 0. The van der Waals surface area contributed by atoms with Crippen molar-refractivity contribution < 1.29 is 14.4 Å². The summed E-state index contributed by atoms with van der Waals surface area (Å²) in [6.07, 6.45) is 0. The number of rotatable bonds is 10. The van der Waals surface area contributed by atoms with Crippen LogP contribution in [0, 0.1) is 16.0 Å². The van der Waals surface area contributed by atoms with Gasteiger partial charge in [0.05, 0.1) is 11.5 Å². The number of hydrogen-bond donors (Lipinski definition) is 1.